The Balaban J connectivity index is 2.02. The Morgan fingerprint density at radius 3 is 2.62 bits per heavy atom. The number of carbonyl (C=O) groups excluding carboxylic acids is 2. The number of benzene rings is 1. The topological polar surface area (TPSA) is 80.3 Å². The van der Waals surface area contributed by atoms with Gasteiger partial charge in [0.2, 0.25) is 0 Å². The second-order valence-corrected chi connectivity index (χ2v) is 4.99. The minimum atomic E-state index is -0.769. The van der Waals surface area contributed by atoms with E-state index in [1.54, 1.807) is 29.6 Å². The number of aryl methyl sites for hydroxylation is 1. The van der Waals surface area contributed by atoms with Gasteiger partial charge in [0, 0.05) is 5.38 Å². The maximum Gasteiger partial charge on any atom is 0.315 e. The maximum atomic E-state index is 11.9. The minimum Gasteiger partial charge on any atom is -0.492 e. The van der Waals surface area contributed by atoms with Gasteiger partial charge in [0.1, 0.15) is 5.75 Å². The van der Waals surface area contributed by atoms with E-state index in [2.05, 4.69) is 15.6 Å². The average Bonchev–Trinajstić information content (AvgIpc) is 2.86. The van der Waals surface area contributed by atoms with Gasteiger partial charge in [0.15, 0.2) is 5.13 Å². The first-order valence-corrected chi connectivity index (χ1v) is 7.24. The number of carbonyl (C=O) groups is 2. The van der Waals surface area contributed by atoms with Gasteiger partial charge in [-0.05, 0) is 26.0 Å². The van der Waals surface area contributed by atoms with E-state index >= 15 is 0 Å². The molecule has 1 aromatic carbocycles. The van der Waals surface area contributed by atoms with Crippen LogP contribution in [0.2, 0.25) is 0 Å². The largest absolute Gasteiger partial charge is 0.492 e. The second kappa shape index (κ2) is 6.85. The van der Waals surface area contributed by atoms with Crippen LogP contribution in [-0.4, -0.2) is 23.4 Å². The Morgan fingerprint density at radius 2 is 1.95 bits per heavy atom. The molecule has 1 heterocycles. The van der Waals surface area contributed by atoms with Crippen molar-refractivity contribution in [2.75, 3.05) is 17.2 Å². The van der Waals surface area contributed by atoms with Crippen LogP contribution in [-0.2, 0) is 9.59 Å². The predicted molar refractivity (Wildman–Crippen MR) is 81.7 cm³/mol. The van der Waals surface area contributed by atoms with Gasteiger partial charge in [-0.2, -0.15) is 0 Å². The van der Waals surface area contributed by atoms with Crippen LogP contribution in [0.15, 0.2) is 29.6 Å². The lowest BCUT2D eigenvalue weighted by Crippen LogP contribution is -2.29. The molecule has 1 aromatic heterocycles. The third-order valence-corrected chi connectivity index (χ3v) is 3.36. The van der Waals surface area contributed by atoms with Crippen molar-refractivity contribution >= 4 is 34.0 Å². The molecule has 0 aliphatic heterocycles. The van der Waals surface area contributed by atoms with Crippen LogP contribution < -0.4 is 15.4 Å². The SMILES string of the molecule is CCOc1ccccc1NC(=O)C(=O)Nc1nc(C)cs1. The Labute approximate surface area is 126 Å². The van der Waals surface area contributed by atoms with Crippen LogP contribution in [0, 0.1) is 6.92 Å². The van der Waals surface area contributed by atoms with Crippen LogP contribution in [0.1, 0.15) is 12.6 Å². The van der Waals surface area contributed by atoms with Gasteiger partial charge in [0.05, 0.1) is 18.0 Å². The van der Waals surface area contributed by atoms with Gasteiger partial charge in [0.25, 0.3) is 0 Å². The molecule has 6 nitrogen and oxygen atoms in total. The minimum absolute atomic E-state index is 0.394. The van der Waals surface area contributed by atoms with Gasteiger partial charge in [-0.15, -0.1) is 11.3 Å². The molecule has 110 valence electrons. The van der Waals surface area contributed by atoms with E-state index in [4.69, 9.17) is 4.74 Å². The molecular formula is C14H15N3O3S. The number of rotatable bonds is 4. The van der Waals surface area contributed by atoms with Crippen molar-refractivity contribution < 1.29 is 14.3 Å². The quantitative estimate of drug-likeness (QED) is 0.850. The van der Waals surface area contributed by atoms with Crippen LogP contribution in [0.4, 0.5) is 10.8 Å². The zero-order valence-corrected chi connectivity index (χ0v) is 12.5. The van der Waals surface area contributed by atoms with E-state index in [1.165, 1.54) is 11.3 Å². The summed E-state index contributed by atoms with van der Waals surface area (Å²) in [5.74, 6) is -1.02. The van der Waals surface area contributed by atoms with Crippen LogP contribution in [0.3, 0.4) is 0 Å². The van der Waals surface area contributed by atoms with Gasteiger partial charge in [-0.1, -0.05) is 12.1 Å². The fraction of sp³-hybridized carbons (Fsp3) is 0.214. The zero-order chi connectivity index (χ0) is 15.2. The molecule has 0 radical (unpaired) electrons. The lowest BCUT2D eigenvalue weighted by atomic mass is 10.3. The number of anilines is 2. The van der Waals surface area contributed by atoms with E-state index in [0.29, 0.717) is 23.2 Å². The first-order chi connectivity index (χ1) is 10.1. The highest BCUT2D eigenvalue weighted by Crippen LogP contribution is 2.23. The average molecular weight is 305 g/mol. The highest BCUT2D eigenvalue weighted by atomic mass is 32.1. The smallest absolute Gasteiger partial charge is 0.315 e. The zero-order valence-electron chi connectivity index (χ0n) is 11.7. The van der Waals surface area contributed by atoms with E-state index in [1.807, 2.05) is 13.8 Å². The molecule has 0 saturated carbocycles. The third kappa shape index (κ3) is 4.03. The molecule has 0 aliphatic carbocycles. The van der Waals surface area contributed by atoms with E-state index in [0.717, 1.165) is 5.69 Å². The van der Waals surface area contributed by atoms with Crippen molar-refractivity contribution in [2.45, 2.75) is 13.8 Å². The lowest BCUT2D eigenvalue weighted by Gasteiger charge is -2.10. The van der Waals surface area contributed by atoms with Crippen molar-refractivity contribution in [1.82, 2.24) is 4.98 Å². The summed E-state index contributed by atoms with van der Waals surface area (Å²) in [6, 6.07) is 6.93. The van der Waals surface area contributed by atoms with E-state index in [9.17, 15) is 9.59 Å². The molecular weight excluding hydrogens is 290 g/mol. The number of para-hydroxylation sites is 2. The van der Waals surface area contributed by atoms with Crippen LogP contribution in [0.5, 0.6) is 5.75 Å². The number of ether oxygens (including phenoxy) is 1. The first-order valence-electron chi connectivity index (χ1n) is 6.36. The fourth-order valence-electron chi connectivity index (χ4n) is 1.60. The second-order valence-electron chi connectivity index (χ2n) is 4.13. The van der Waals surface area contributed by atoms with Crippen molar-refractivity contribution in [3.05, 3.63) is 35.3 Å². The molecule has 0 atom stereocenters. The molecule has 0 bridgehead atoms. The molecule has 21 heavy (non-hydrogen) atoms. The summed E-state index contributed by atoms with van der Waals surface area (Å²) in [6.07, 6.45) is 0. The summed E-state index contributed by atoms with van der Waals surface area (Å²) >= 11 is 1.27. The number of amides is 2. The molecule has 2 N–H and O–H groups in total. The molecule has 2 rings (SSSR count). The molecule has 2 aromatic rings. The molecule has 0 unspecified atom stereocenters. The van der Waals surface area contributed by atoms with Gasteiger partial charge in [-0.25, -0.2) is 4.98 Å². The van der Waals surface area contributed by atoms with Crippen LogP contribution >= 0.6 is 11.3 Å². The van der Waals surface area contributed by atoms with Crippen molar-refractivity contribution in [3.8, 4) is 5.75 Å². The summed E-state index contributed by atoms with van der Waals surface area (Å²) in [4.78, 5) is 27.7. The van der Waals surface area contributed by atoms with Crippen molar-refractivity contribution in [2.24, 2.45) is 0 Å². The predicted octanol–water partition coefficient (Wildman–Crippen LogP) is 2.43. The summed E-state index contributed by atoms with van der Waals surface area (Å²) in [6.45, 7) is 4.12. The van der Waals surface area contributed by atoms with Gasteiger partial charge < -0.3 is 10.1 Å². The normalized spacial score (nSPS) is 10.0. The highest BCUT2D eigenvalue weighted by molar-refractivity contribution is 7.14. The number of hydrogen-bond donors (Lipinski definition) is 2. The molecule has 7 heteroatoms. The monoisotopic (exact) mass is 305 g/mol. The summed E-state index contributed by atoms with van der Waals surface area (Å²) in [7, 11) is 0. The number of thiazole rings is 1. The Kier molecular flexibility index (Phi) is 4.89. The molecule has 2 amide bonds. The first kappa shape index (κ1) is 15.0. The summed E-state index contributed by atoms with van der Waals surface area (Å²) in [5, 5.41) is 7.16. The van der Waals surface area contributed by atoms with Gasteiger partial charge >= 0.3 is 11.8 Å². The van der Waals surface area contributed by atoms with Crippen LogP contribution in [0.25, 0.3) is 0 Å². The Bertz CT molecular complexity index is 654. The molecule has 0 saturated heterocycles. The molecule has 0 fully saturated rings. The Hall–Kier alpha value is -2.41. The Morgan fingerprint density at radius 1 is 1.24 bits per heavy atom. The van der Waals surface area contributed by atoms with Crippen molar-refractivity contribution in [1.29, 1.82) is 0 Å². The standard InChI is InChI=1S/C14H15N3O3S/c1-3-20-11-7-5-4-6-10(11)16-12(18)13(19)17-14-15-9(2)8-21-14/h4-8H,3H2,1-2H3,(H,16,18)(H,15,17,19). The van der Waals surface area contributed by atoms with E-state index < -0.39 is 11.8 Å². The fourth-order valence-corrected chi connectivity index (χ4v) is 2.28. The van der Waals surface area contributed by atoms with Gasteiger partial charge in [-0.3, -0.25) is 14.9 Å². The molecule has 0 spiro atoms. The summed E-state index contributed by atoms with van der Waals surface area (Å²) < 4.78 is 5.38. The number of aromatic nitrogens is 1. The highest BCUT2D eigenvalue weighted by Gasteiger charge is 2.17. The number of nitrogens with zero attached hydrogens (tertiary/aromatic N) is 1. The van der Waals surface area contributed by atoms with E-state index in [-0.39, 0.29) is 0 Å². The molecule has 0 aliphatic rings. The van der Waals surface area contributed by atoms with Crippen molar-refractivity contribution in [3.63, 3.8) is 0 Å². The number of hydrogen-bond acceptors (Lipinski definition) is 5. The summed E-state index contributed by atoms with van der Waals surface area (Å²) in [5.41, 5.74) is 1.24. The lowest BCUT2D eigenvalue weighted by molar-refractivity contribution is -0.133. The third-order valence-electron chi connectivity index (χ3n) is 2.48. The maximum absolute atomic E-state index is 11.9. The number of nitrogens with one attached hydrogen (secondary N) is 2.